The van der Waals surface area contributed by atoms with E-state index in [9.17, 15) is 4.39 Å². The van der Waals surface area contributed by atoms with Gasteiger partial charge in [0.05, 0.1) is 30.0 Å². The smallest absolute Gasteiger partial charge is 0.218 e. The highest BCUT2D eigenvalue weighted by Gasteiger charge is 2.06. The molecule has 0 amide bonds. The zero-order valence-electron chi connectivity index (χ0n) is 5.50. The molecule has 0 aromatic carbocycles. The van der Waals surface area contributed by atoms with Crippen LogP contribution in [0.4, 0.5) is 4.39 Å². The molecule has 0 aliphatic heterocycles. The molecule has 0 spiro atoms. The number of halogens is 1. The van der Waals surface area contributed by atoms with Crippen molar-refractivity contribution in [2.45, 2.75) is 0 Å². The highest BCUT2D eigenvalue weighted by Crippen LogP contribution is 2.16. The van der Waals surface area contributed by atoms with E-state index in [1.54, 1.807) is 0 Å². The van der Waals surface area contributed by atoms with Crippen LogP contribution in [-0.4, -0.2) is 20.2 Å². The quantitative estimate of drug-likeness (QED) is 0.638. The molecule has 0 saturated heterocycles. The number of hydrogen-bond donors (Lipinski definition) is 2. The van der Waals surface area contributed by atoms with Gasteiger partial charge in [0.1, 0.15) is 0 Å². The topological polar surface area (TPSA) is 57.4 Å². The van der Waals surface area contributed by atoms with E-state index >= 15 is 0 Å². The summed E-state index contributed by atoms with van der Waals surface area (Å²) in [5.74, 6) is -0.450. The number of rotatable bonds is 1. The Morgan fingerprint density at radius 1 is 1.36 bits per heavy atom. The second-order valence-corrected chi connectivity index (χ2v) is 2.06. The molecular formula is C6H5FN4. The highest BCUT2D eigenvalue weighted by atomic mass is 19.1. The maximum Gasteiger partial charge on any atom is 0.218 e. The lowest BCUT2D eigenvalue weighted by Gasteiger charge is -1.87. The van der Waals surface area contributed by atoms with Crippen LogP contribution in [0.5, 0.6) is 0 Å². The first-order valence-corrected chi connectivity index (χ1v) is 3.05. The number of aromatic amines is 2. The lowest BCUT2D eigenvalue weighted by Crippen LogP contribution is -1.78. The zero-order valence-corrected chi connectivity index (χ0v) is 5.50. The Morgan fingerprint density at radius 2 is 2.27 bits per heavy atom. The van der Waals surface area contributed by atoms with Crippen molar-refractivity contribution in [1.29, 1.82) is 0 Å². The van der Waals surface area contributed by atoms with Crippen molar-refractivity contribution in [1.82, 2.24) is 20.2 Å². The third-order valence-electron chi connectivity index (χ3n) is 1.38. The van der Waals surface area contributed by atoms with Crippen LogP contribution in [0.25, 0.3) is 11.3 Å². The summed E-state index contributed by atoms with van der Waals surface area (Å²) in [5, 5.41) is 5.72. The van der Waals surface area contributed by atoms with Crippen LogP contribution in [0.3, 0.4) is 0 Å². The van der Waals surface area contributed by atoms with Crippen LogP contribution in [0.1, 0.15) is 0 Å². The van der Waals surface area contributed by atoms with Crippen molar-refractivity contribution in [2.75, 3.05) is 0 Å². The van der Waals surface area contributed by atoms with Crippen LogP contribution in [0, 0.1) is 5.95 Å². The van der Waals surface area contributed by atoms with Gasteiger partial charge in [-0.25, -0.2) is 4.98 Å². The average Bonchev–Trinajstić information content (AvgIpc) is 2.55. The van der Waals surface area contributed by atoms with Gasteiger partial charge in [-0.3, -0.25) is 5.10 Å². The second-order valence-electron chi connectivity index (χ2n) is 2.06. The largest absolute Gasteiger partial charge is 0.344 e. The molecule has 5 heteroatoms. The molecule has 2 N–H and O–H groups in total. The fraction of sp³-hybridized carbons (Fsp3) is 0. The summed E-state index contributed by atoms with van der Waals surface area (Å²) >= 11 is 0. The summed E-state index contributed by atoms with van der Waals surface area (Å²) in [6.45, 7) is 0. The van der Waals surface area contributed by atoms with Gasteiger partial charge < -0.3 is 4.98 Å². The lowest BCUT2D eigenvalue weighted by molar-refractivity contribution is 0.581. The summed E-state index contributed by atoms with van der Waals surface area (Å²) in [5.41, 5.74) is 1.03. The van der Waals surface area contributed by atoms with Crippen LogP contribution in [0.15, 0.2) is 18.7 Å². The Kier molecular flexibility index (Phi) is 1.21. The number of hydrogen-bond acceptors (Lipinski definition) is 2. The van der Waals surface area contributed by atoms with Gasteiger partial charge in [0, 0.05) is 0 Å². The van der Waals surface area contributed by atoms with Gasteiger partial charge in [-0.15, -0.1) is 0 Å². The Hall–Kier alpha value is -1.65. The standard InChI is InChI=1S/C6H5FN4/c7-6-4(1-10-11-6)5-2-8-3-9-5/h1-3H,(H,8,9)(H,10,11). The number of imidazole rings is 1. The van der Waals surface area contributed by atoms with Crippen LogP contribution in [-0.2, 0) is 0 Å². The molecule has 0 unspecified atom stereocenters. The van der Waals surface area contributed by atoms with Gasteiger partial charge in [-0.1, -0.05) is 0 Å². The fourth-order valence-corrected chi connectivity index (χ4v) is 0.861. The maximum absolute atomic E-state index is 12.7. The normalized spacial score (nSPS) is 10.3. The van der Waals surface area contributed by atoms with E-state index < -0.39 is 5.95 Å². The average molecular weight is 152 g/mol. The second kappa shape index (κ2) is 2.19. The summed E-state index contributed by atoms with van der Waals surface area (Å²) in [6.07, 6.45) is 4.43. The molecule has 4 nitrogen and oxygen atoms in total. The SMILES string of the molecule is Fc1[nH]ncc1-c1cnc[nH]1. The molecule has 0 bridgehead atoms. The third kappa shape index (κ3) is 0.899. The summed E-state index contributed by atoms with van der Waals surface area (Å²) in [4.78, 5) is 6.52. The van der Waals surface area contributed by atoms with E-state index in [2.05, 4.69) is 20.2 Å². The van der Waals surface area contributed by atoms with E-state index in [4.69, 9.17) is 0 Å². The van der Waals surface area contributed by atoms with Crippen molar-refractivity contribution in [2.24, 2.45) is 0 Å². The maximum atomic E-state index is 12.7. The molecule has 0 fully saturated rings. The number of H-pyrrole nitrogens is 2. The highest BCUT2D eigenvalue weighted by molar-refractivity contribution is 5.55. The van der Waals surface area contributed by atoms with Crippen molar-refractivity contribution in [3.05, 3.63) is 24.7 Å². The number of aromatic nitrogens is 4. The van der Waals surface area contributed by atoms with Crippen molar-refractivity contribution in [3.8, 4) is 11.3 Å². The Labute approximate surface area is 61.5 Å². The van der Waals surface area contributed by atoms with E-state index in [0.717, 1.165) is 0 Å². The molecule has 2 aromatic heterocycles. The van der Waals surface area contributed by atoms with E-state index in [1.165, 1.54) is 18.7 Å². The molecule has 11 heavy (non-hydrogen) atoms. The first kappa shape index (κ1) is 6.09. The van der Waals surface area contributed by atoms with Gasteiger partial charge in [0.15, 0.2) is 0 Å². The Balaban J connectivity index is 2.53. The molecular weight excluding hydrogens is 147 g/mol. The van der Waals surface area contributed by atoms with Gasteiger partial charge >= 0.3 is 0 Å². The van der Waals surface area contributed by atoms with E-state index in [1.807, 2.05) is 0 Å². The third-order valence-corrected chi connectivity index (χ3v) is 1.38. The van der Waals surface area contributed by atoms with Crippen molar-refractivity contribution in [3.63, 3.8) is 0 Å². The minimum atomic E-state index is -0.450. The first-order chi connectivity index (χ1) is 5.38. The summed E-state index contributed by atoms with van der Waals surface area (Å²) in [7, 11) is 0. The zero-order chi connectivity index (χ0) is 7.68. The fourth-order valence-electron chi connectivity index (χ4n) is 0.861. The van der Waals surface area contributed by atoms with E-state index in [-0.39, 0.29) is 0 Å². The minimum absolute atomic E-state index is 0.405. The molecule has 0 atom stereocenters. The number of nitrogens with one attached hydrogen (secondary N) is 2. The minimum Gasteiger partial charge on any atom is -0.344 e. The van der Waals surface area contributed by atoms with Gasteiger partial charge in [0.25, 0.3) is 0 Å². The Bertz CT molecular complexity index is 337. The molecule has 2 aromatic rings. The van der Waals surface area contributed by atoms with Gasteiger partial charge in [-0.2, -0.15) is 9.49 Å². The monoisotopic (exact) mass is 152 g/mol. The van der Waals surface area contributed by atoms with E-state index in [0.29, 0.717) is 11.3 Å². The van der Waals surface area contributed by atoms with Crippen molar-refractivity contribution < 1.29 is 4.39 Å². The summed E-state index contributed by atoms with van der Waals surface area (Å²) in [6, 6.07) is 0. The van der Waals surface area contributed by atoms with Crippen LogP contribution >= 0.6 is 0 Å². The van der Waals surface area contributed by atoms with Crippen molar-refractivity contribution >= 4 is 0 Å². The predicted molar refractivity (Wildman–Crippen MR) is 36.1 cm³/mol. The van der Waals surface area contributed by atoms with Crippen LogP contribution in [0.2, 0.25) is 0 Å². The number of nitrogens with zero attached hydrogens (tertiary/aromatic N) is 2. The molecule has 56 valence electrons. The molecule has 0 radical (unpaired) electrons. The molecule has 2 heterocycles. The van der Waals surface area contributed by atoms with Crippen LogP contribution < -0.4 is 0 Å². The van der Waals surface area contributed by atoms with Gasteiger partial charge in [0.2, 0.25) is 5.95 Å². The van der Waals surface area contributed by atoms with Gasteiger partial charge in [-0.05, 0) is 0 Å². The predicted octanol–water partition coefficient (Wildman–Crippen LogP) is 0.939. The molecule has 0 aliphatic carbocycles. The summed E-state index contributed by atoms with van der Waals surface area (Å²) < 4.78 is 12.7. The molecule has 0 saturated carbocycles. The molecule has 0 aliphatic rings. The lowest BCUT2D eigenvalue weighted by atomic mass is 10.3. The molecule has 2 rings (SSSR count). The first-order valence-electron chi connectivity index (χ1n) is 3.05. The Morgan fingerprint density at radius 3 is 2.82 bits per heavy atom.